The SMILES string of the molecule is O=C(Nc1ccc(N2CCCCC2)cc1)c1occc1CS(=O)(=O)c1ccccc1. The lowest BCUT2D eigenvalue weighted by Crippen LogP contribution is -2.29. The Morgan fingerprint density at radius 3 is 2.33 bits per heavy atom. The molecule has 1 N–H and O–H groups in total. The van der Waals surface area contributed by atoms with E-state index in [1.165, 1.54) is 31.6 Å². The maximum absolute atomic E-state index is 12.7. The Balaban J connectivity index is 1.45. The van der Waals surface area contributed by atoms with E-state index in [2.05, 4.69) is 10.2 Å². The first-order chi connectivity index (χ1) is 14.5. The van der Waals surface area contributed by atoms with E-state index in [-0.39, 0.29) is 16.4 Å². The van der Waals surface area contributed by atoms with Crippen LogP contribution in [0.2, 0.25) is 0 Å². The van der Waals surface area contributed by atoms with Crippen LogP contribution in [0.4, 0.5) is 11.4 Å². The van der Waals surface area contributed by atoms with Gasteiger partial charge in [0.15, 0.2) is 15.6 Å². The summed E-state index contributed by atoms with van der Waals surface area (Å²) in [6, 6.07) is 17.4. The zero-order chi connectivity index (χ0) is 21.0. The zero-order valence-corrected chi connectivity index (χ0v) is 17.4. The molecule has 0 saturated carbocycles. The van der Waals surface area contributed by atoms with Gasteiger partial charge in [-0.05, 0) is 61.7 Å². The molecule has 4 rings (SSSR count). The third-order valence-corrected chi connectivity index (χ3v) is 6.93. The van der Waals surface area contributed by atoms with E-state index in [4.69, 9.17) is 4.42 Å². The second-order valence-electron chi connectivity index (χ2n) is 7.40. The Hall–Kier alpha value is -3.06. The third-order valence-electron chi connectivity index (χ3n) is 5.25. The van der Waals surface area contributed by atoms with Gasteiger partial charge in [-0.2, -0.15) is 0 Å². The summed E-state index contributed by atoms with van der Waals surface area (Å²) in [5, 5.41) is 2.79. The molecule has 0 spiro atoms. The predicted molar refractivity (Wildman–Crippen MR) is 116 cm³/mol. The van der Waals surface area contributed by atoms with Crippen molar-refractivity contribution >= 4 is 27.1 Å². The first-order valence-corrected chi connectivity index (χ1v) is 11.7. The Kier molecular flexibility index (Phi) is 5.90. The number of benzene rings is 2. The van der Waals surface area contributed by atoms with Crippen molar-refractivity contribution in [3.05, 3.63) is 78.3 Å². The number of amides is 1. The molecule has 6 nitrogen and oxygen atoms in total. The van der Waals surface area contributed by atoms with Gasteiger partial charge in [-0.3, -0.25) is 4.79 Å². The number of carbonyl (C=O) groups excluding carboxylic acids is 1. The summed E-state index contributed by atoms with van der Waals surface area (Å²) in [6.07, 6.45) is 5.01. The first kappa shape index (κ1) is 20.2. The maximum Gasteiger partial charge on any atom is 0.291 e. The van der Waals surface area contributed by atoms with Gasteiger partial charge in [0.2, 0.25) is 0 Å². The van der Waals surface area contributed by atoms with Crippen LogP contribution in [0.25, 0.3) is 0 Å². The Labute approximate surface area is 176 Å². The number of anilines is 2. The number of hydrogen-bond acceptors (Lipinski definition) is 5. The van der Waals surface area contributed by atoms with Crippen molar-refractivity contribution in [2.75, 3.05) is 23.3 Å². The van der Waals surface area contributed by atoms with Crippen LogP contribution >= 0.6 is 0 Å². The molecule has 156 valence electrons. The minimum Gasteiger partial charge on any atom is -0.459 e. The standard InChI is InChI=1S/C23H24N2O4S/c26-23(24-19-9-11-20(12-10-19)25-14-5-2-6-15-25)22-18(13-16-29-22)17-30(27,28)21-7-3-1-4-8-21/h1,3-4,7-13,16H,2,5-6,14-15,17H2,(H,24,26). The summed E-state index contributed by atoms with van der Waals surface area (Å²) in [5.74, 6) is -0.761. The fraction of sp³-hybridized carbons (Fsp3) is 0.261. The Morgan fingerprint density at radius 2 is 1.63 bits per heavy atom. The van der Waals surface area contributed by atoms with Crippen LogP contribution in [0.1, 0.15) is 35.4 Å². The summed E-state index contributed by atoms with van der Waals surface area (Å²) in [6.45, 7) is 2.11. The Morgan fingerprint density at radius 1 is 0.933 bits per heavy atom. The zero-order valence-electron chi connectivity index (χ0n) is 16.6. The molecule has 30 heavy (non-hydrogen) atoms. The minimum atomic E-state index is -3.58. The molecule has 1 fully saturated rings. The molecular formula is C23H24N2O4S. The summed E-state index contributed by atoms with van der Waals surface area (Å²) >= 11 is 0. The minimum absolute atomic E-state index is 0.00890. The van der Waals surface area contributed by atoms with Crippen LogP contribution in [0.5, 0.6) is 0 Å². The second kappa shape index (κ2) is 8.75. The first-order valence-electron chi connectivity index (χ1n) is 10.0. The van der Waals surface area contributed by atoms with Crippen molar-refractivity contribution in [3.63, 3.8) is 0 Å². The van der Waals surface area contributed by atoms with Crippen LogP contribution in [-0.4, -0.2) is 27.4 Å². The van der Waals surface area contributed by atoms with Gasteiger partial charge >= 0.3 is 0 Å². The lowest BCUT2D eigenvalue weighted by atomic mass is 10.1. The Bertz CT molecular complexity index is 1100. The van der Waals surface area contributed by atoms with E-state index >= 15 is 0 Å². The highest BCUT2D eigenvalue weighted by Gasteiger charge is 2.22. The number of hydrogen-bond donors (Lipinski definition) is 1. The highest BCUT2D eigenvalue weighted by molar-refractivity contribution is 7.90. The number of nitrogens with one attached hydrogen (secondary N) is 1. The molecule has 7 heteroatoms. The van der Waals surface area contributed by atoms with Crippen molar-refractivity contribution in [2.24, 2.45) is 0 Å². The molecule has 0 bridgehead atoms. The summed E-state index contributed by atoms with van der Waals surface area (Å²) < 4.78 is 30.6. The number of furan rings is 1. The second-order valence-corrected chi connectivity index (χ2v) is 9.39. The molecule has 1 saturated heterocycles. The fourth-order valence-electron chi connectivity index (χ4n) is 3.66. The van der Waals surface area contributed by atoms with E-state index in [0.717, 1.165) is 18.8 Å². The van der Waals surface area contributed by atoms with Crippen molar-refractivity contribution in [2.45, 2.75) is 29.9 Å². The van der Waals surface area contributed by atoms with Gasteiger partial charge in [-0.25, -0.2) is 8.42 Å². The largest absolute Gasteiger partial charge is 0.459 e. The molecular weight excluding hydrogens is 400 g/mol. The number of rotatable bonds is 6. The highest BCUT2D eigenvalue weighted by atomic mass is 32.2. The van der Waals surface area contributed by atoms with Crippen molar-refractivity contribution in [3.8, 4) is 0 Å². The molecule has 0 radical (unpaired) electrons. The molecule has 0 unspecified atom stereocenters. The van der Waals surface area contributed by atoms with Gasteiger partial charge < -0.3 is 14.6 Å². The predicted octanol–water partition coefficient (Wildman–Crippen LogP) is 4.50. The summed E-state index contributed by atoms with van der Waals surface area (Å²) in [4.78, 5) is 15.3. The number of piperidine rings is 1. The topological polar surface area (TPSA) is 79.6 Å². The molecule has 0 aliphatic carbocycles. The average Bonchev–Trinajstić information content (AvgIpc) is 3.23. The van der Waals surface area contributed by atoms with Gasteiger partial charge in [0.25, 0.3) is 5.91 Å². The highest BCUT2D eigenvalue weighted by Crippen LogP contribution is 2.24. The molecule has 1 aliphatic rings. The van der Waals surface area contributed by atoms with Crippen LogP contribution in [0, 0.1) is 0 Å². The van der Waals surface area contributed by atoms with Gasteiger partial charge in [0, 0.05) is 30.0 Å². The van der Waals surface area contributed by atoms with Crippen LogP contribution in [-0.2, 0) is 15.6 Å². The van der Waals surface area contributed by atoms with E-state index < -0.39 is 15.7 Å². The molecule has 0 atom stereocenters. The molecule has 3 aromatic rings. The summed E-state index contributed by atoms with van der Waals surface area (Å²) in [7, 11) is -3.58. The van der Waals surface area contributed by atoms with E-state index in [9.17, 15) is 13.2 Å². The fourth-order valence-corrected chi connectivity index (χ4v) is 5.04. The van der Waals surface area contributed by atoms with Crippen LogP contribution in [0.15, 0.2) is 76.2 Å². The van der Waals surface area contributed by atoms with E-state index in [1.807, 2.05) is 24.3 Å². The van der Waals surface area contributed by atoms with Gasteiger partial charge in [-0.15, -0.1) is 0 Å². The van der Waals surface area contributed by atoms with E-state index in [0.29, 0.717) is 11.3 Å². The molecule has 1 aliphatic heterocycles. The normalized spacial score (nSPS) is 14.5. The monoisotopic (exact) mass is 424 g/mol. The van der Waals surface area contributed by atoms with E-state index in [1.54, 1.807) is 30.3 Å². The molecule has 2 heterocycles. The molecule has 2 aromatic carbocycles. The molecule has 1 aromatic heterocycles. The lowest BCUT2D eigenvalue weighted by Gasteiger charge is -2.28. The maximum atomic E-state index is 12.7. The molecule has 1 amide bonds. The van der Waals surface area contributed by atoms with Gasteiger partial charge in [0.05, 0.1) is 16.9 Å². The number of carbonyl (C=O) groups is 1. The number of nitrogens with zero attached hydrogens (tertiary/aromatic N) is 1. The smallest absolute Gasteiger partial charge is 0.291 e. The van der Waals surface area contributed by atoms with Crippen molar-refractivity contribution in [1.82, 2.24) is 0 Å². The summed E-state index contributed by atoms with van der Waals surface area (Å²) in [5.41, 5.74) is 2.11. The lowest BCUT2D eigenvalue weighted by molar-refractivity contribution is 0.0996. The number of sulfone groups is 1. The quantitative estimate of drug-likeness (QED) is 0.630. The van der Waals surface area contributed by atoms with Crippen molar-refractivity contribution in [1.29, 1.82) is 0 Å². The van der Waals surface area contributed by atoms with Gasteiger partial charge in [-0.1, -0.05) is 18.2 Å². The average molecular weight is 425 g/mol. The van der Waals surface area contributed by atoms with Crippen LogP contribution in [0.3, 0.4) is 0 Å². The van der Waals surface area contributed by atoms with Crippen molar-refractivity contribution < 1.29 is 17.6 Å². The van der Waals surface area contributed by atoms with Crippen LogP contribution < -0.4 is 10.2 Å². The van der Waals surface area contributed by atoms with Gasteiger partial charge in [0.1, 0.15) is 0 Å². The third kappa shape index (κ3) is 4.57.